The lowest BCUT2D eigenvalue weighted by atomic mass is 9.94. The topological polar surface area (TPSA) is 51.6 Å². The fourth-order valence-electron chi connectivity index (χ4n) is 8.75. The van der Waals surface area contributed by atoms with Gasteiger partial charge in [-0.25, -0.2) is 19.9 Å². The van der Waals surface area contributed by atoms with E-state index < -0.39 is 0 Å². The van der Waals surface area contributed by atoms with E-state index in [-0.39, 0.29) is 0 Å². The second-order valence-electron chi connectivity index (χ2n) is 15.4. The molecular weight excluding hydrogens is 729 g/mol. The van der Waals surface area contributed by atoms with Gasteiger partial charge < -0.3 is 0 Å². The zero-order chi connectivity index (χ0) is 39.6. The maximum atomic E-state index is 5.32. The average Bonchev–Trinajstić information content (AvgIpc) is 3.33. The van der Waals surface area contributed by atoms with Gasteiger partial charge in [-0.05, 0) is 75.8 Å². The van der Waals surface area contributed by atoms with Crippen molar-refractivity contribution >= 4 is 65.2 Å². The molecule has 4 heteroatoms. The molecule has 12 rings (SSSR count). The number of pyridine rings is 4. The van der Waals surface area contributed by atoms with E-state index in [0.29, 0.717) is 0 Å². The third kappa shape index (κ3) is 5.77. The van der Waals surface area contributed by atoms with Crippen LogP contribution in [0.2, 0.25) is 0 Å². The van der Waals surface area contributed by atoms with Crippen molar-refractivity contribution in [2.24, 2.45) is 0 Å². The predicted octanol–water partition coefficient (Wildman–Crippen LogP) is 14.5. The fourth-order valence-corrected chi connectivity index (χ4v) is 8.75. The third-order valence-corrected chi connectivity index (χ3v) is 11.8. The van der Waals surface area contributed by atoms with E-state index in [4.69, 9.17) is 19.9 Å². The lowest BCUT2D eigenvalue weighted by molar-refractivity contribution is 1.36. The van der Waals surface area contributed by atoms with Crippen molar-refractivity contribution in [3.8, 4) is 56.2 Å². The van der Waals surface area contributed by atoms with E-state index in [1.807, 2.05) is 18.2 Å². The summed E-state index contributed by atoms with van der Waals surface area (Å²) in [6, 6.07) is 72.7. The van der Waals surface area contributed by atoms with E-state index in [1.54, 1.807) is 0 Å². The van der Waals surface area contributed by atoms with Gasteiger partial charge in [-0.2, -0.15) is 0 Å². The van der Waals surface area contributed by atoms with Crippen molar-refractivity contribution in [1.29, 1.82) is 0 Å². The minimum atomic E-state index is 0.903. The van der Waals surface area contributed by atoms with Gasteiger partial charge in [0.25, 0.3) is 0 Å². The van der Waals surface area contributed by atoms with E-state index >= 15 is 0 Å². The molecule has 0 aliphatic rings. The molecule has 0 N–H and O–H groups in total. The smallest absolute Gasteiger partial charge is 0.0972 e. The fraction of sp³-hybridized carbons (Fsp3) is 0. The molecule has 0 unspecified atom stereocenters. The van der Waals surface area contributed by atoms with E-state index in [1.165, 1.54) is 16.2 Å². The van der Waals surface area contributed by atoms with Crippen LogP contribution in [-0.2, 0) is 0 Å². The van der Waals surface area contributed by atoms with Crippen molar-refractivity contribution in [2.75, 3.05) is 0 Å². The summed E-state index contributed by atoms with van der Waals surface area (Å²) < 4.78 is 0. The molecule has 12 aromatic rings. The molecule has 0 saturated heterocycles. The zero-order valence-electron chi connectivity index (χ0n) is 32.4. The summed E-state index contributed by atoms with van der Waals surface area (Å²) in [6.07, 6.45) is 0. The first-order valence-corrected chi connectivity index (χ1v) is 20.3. The summed E-state index contributed by atoms with van der Waals surface area (Å²) in [4.78, 5) is 20.9. The maximum absolute atomic E-state index is 5.32. The van der Waals surface area contributed by atoms with Gasteiger partial charge in [-0.15, -0.1) is 0 Å². The number of para-hydroxylation sites is 1. The molecule has 278 valence electrons. The van der Waals surface area contributed by atoms with Gasteiger partial charge in [0.1, 0.15) is 0 Å². The Kier molecular flexibility index (Phi) is 7.82. The van der Waals surface area contributed by atoms with Crippen LogP contribution in [0.15, 0.2) is 206 Å². The third-order valence-electron chi connectivity index (χ3n) is 11.8. The Hall–Kier alpha value is -8.08. The molecule has 4 aromatic heterocycles. The summed E-state index contributed by atoms with van der Waals surface area (Å²) in [6.45, 7) is 0. The Bertz CT molecular complexity index is 3650. The van der Waals surface area contributed by atoms with Crippen LogP contribution in [0.1, 0.15) is 0 Å². The van der Waals surface area contributed by atoms with Crippen molar-refractivity contribution in [1.82, 2.24) is 19.9 Å². The quantitative estimate of drug-likeness (QED) is 0.164. The second-order valence-corrected chi connectivity index (χ2v) is 15.4. The Balaban J connectivity index is 0.928. The molecule has 4 nitrogen and oxygen atoms in total. The molecule has 0 amide bonds. The van der Waals surface area contributed by atoms with Gasteiger partial charge in [-0.3, -0.25) is 0 Å². The van der Waals surface area contributed by atoms with Crippen LogP contribution in [0.3, 0.4) is 0 Å². The van der Waals surface area contributed by atoms with Gasteiger partial charge in [-0.1, -0.05) is 158 Å². The molecular formula is C56H34N4. The van der Waals surface area contributed by atoms with E-state index in [9.17, 15) is 0 Å². The molecule has 0 fully saturated rings. The number of benzene rings is 8. The predicted molar refractivity (Wildman–Crippen MR) is 250 cm³/mol. The van der Waals surface area contributed by atoms with Crippen LogP contribution < -0.4 is 0 Å². The monoisotopic (exact) mass is 762 g/mol. The summed E-state index contributed by atoms with van der Waals surface area (Å²) in [5.74, 6) is 0. The van der Waals surface area contributed by atoms with Crippen LogP contribution >= 0.6 is 0 Å². The molecule has 0 spiro atoms. The summed E-state index contributed by atoms with van der Waals surface area (Å²) >= 11 is 0. The minimum absolute atomic E-state index is 0.903. The first kappa shape index (κ1) is 34.0. The standard InChI is InChI=1S/C56H34N4/c1-2-10-37(11-3-1)48-29-25-39-22-23-40-26-30-50(59-56(40)55(39)58-48)43-14-8-13-42(33-43)36-17-20-38(21-18-36)54-53-46(45-15-6-7-16-51(45)60-54)27-32-52-47(53)28-31-49(57-52)44-24-19-35-9-4-5-12-41(35)34-44/h1-34H. The number of nitrogens with zero attached hydrogens (tertiary/aromatic N) is 4. The Labute approximate surface area is 346 Å². The number of hydrogen-bond acceptors (Lipinski definition) is 4. The first-order chi connectivity index (χ1) is 29.7. The SMILES string of the molecule is c1ccc(-c2ccc3ccc4ccc(-c5cccc(-c6ccc(-c7nc8ccccc8c8ccc9nc(-c%10ccc%11ccccc%11c%10)ccc9c78)cc6)c5)nc4c3n2)cc1. The maximum Gasteiger partial charge on any atom is 0.0972 e. The Morgan fingerprint density at radius 3 is 1.62 bits per heavy atom. The van der Waals surface area contributed by atoms with Crippen molar-refractivity contribution < 1.29 is 0 Å². The molecule has 0 aliphatic carbocycles. The Morgan fingerprint density at radius 1 is 0.250 bits per heavy atom. The summed E-state index contributed by atoms with van der Waals surface area (Å²) in [7, 11) is 0. The number of hydrogen-bond donors (Lipinski definition) is 0. The summed E-state index contributed by atoms with van der Waals surface area (Å²) in [5, 5.41) is 9.07. The largest absolute Gasteiger partial charge is 0.248 e. The lowest BCUT2D eigenvalue weighted by Crippen LogP contribution is -1.93. The lowest BCUT2D eigenvalue weighted by Gasteiger charge is -2.14. The highest BCUT2D eigenvalue weighted by molar-refractivity contribution is 6.20. The zero-order valence-corrected chi connectivity index (χ0v) is 32.4. The van der Waals surface area contributed by atoms with Crippen LogP contribution in [0, 0.1) is 0 Å². The number of rotatable bonds is 5. The van der Waals surface area contributed by atoms with Gasteiger partial charge in [0, 0.05) is 49.2 Å². The van der Waals surface area contributed by atoms with Gasteiger partial charge in [0.15, 0.2) is 0 Å². The molecule has 0 bridgehead atoms. The molecule has 0 aliphatic heterocycles. The van der Waals surface area contributed by atoms with Crippen molar-refractivity contribution in [3.05, 3.63) is 206 Å². The molecule has 60 heavy (non-hydrogen) atoms. The van der Waals surface area contributed by atoms with Crippen LogP contribution in [0.25, 0.3) is 121 Å². The van der Waals surface area contributed by atoms with E-state index in [2.05, 4.69) is 188 Å². The normalized spacial score (nSPS) is 11.7. The van der Waals surface area contributed by atoms with Gasteiger partial charge in [0.2, 0.25) is 0 Å². The van der Waals surface area contributed by atoms with Crippen molar-refractivity contribution in [2.45, 2.75) is 0 Å². The van der Waals surface area contributed by atoms with Crippen LogP contribution in [-0.4, -0.2) is 19.9 Å². The van der Waals surface area contributed by atoms with Crippen molar-refractivity contribution in [3.63, 3.8) is 0 Å². The molecule has 4 heterocycles. The average molecular weight is 763 g/mol. The van der Waals surface area contributed by atoms with Gasteiger partial charge >= 0.3 is 0 Å². The molecule has 0 atom stereocenters. The van der Waals surface area contributed by atoms with Gasteiger partial charge in [0.05, 0.1) is 44.8 Å². The molecule has 0 saturated carbocycles. The highest BCUT2D eigenvalue weighted by Gasteiger charge is 2.16. The second kappa shape index (κ2) is 13.8. The molecule has 0 radical (unpaired) electrons. The minimum Gasteiger partial charge on any atom is -0.248 e. The molecule has 8 aromatic carbocycles. The number of fused-ring (bicyclic) bond motifs is 9. The number of aromatic nitrogens is 4. The first-order valence-electron chi connectivity index (χ1n) is 20.3. The highest BCUT2D eigenvalue weighted by Crippen LogP contribution is 2.39. The van der Waals surface area contributed by atoms with Crippen LogP contribution in [0.4, 0.5) is 0 Å². The summed E-state index contributed by atoms with van der Waals surface area (Å²) in [5.41, 5.74) is 14.0. The van der Waals surface area contributed by atoms with E-state index in [0.717, 1.165) is 105 Å². The highest BCUT2D eigenvalue weighted by atomic mass is 14.8. The Morgan fingerprint density at radius 2 is 0.800 bits per heavy atom. The van der Waals surface area contributed by atoms with Crippen LogP contribution in [0.5, 0.6) is 0 Å².